The number of amides is 1. The third-order valence-electron chi connectivity index (χ3n) is 6.51. The van der Waals surface area contributed by atoms with Crippen molar-refractivity contribution in [1.29, 1.82) is 0 Å². The van der Waals surface area contributed by atoms with Crippen LogP contribution in [0.1, 0.15) is 79.2 Å². The zero-order chi connectivity index (χ0) is 22.0. The molecule has 166 valence electrons. The number of nitrogens with zero attached hydrogens (tertiary/aromatic N) is 2. The molecule has 1 unspecified atom stereocenters. The number of carbonyl (C=O) groups is 1. The number of aromatic nitrogens is 2. The number of benzene rings is 1. The van der Waals surface area contributed by atoms with Crippen molar-refractivity contribution in [3.8, 4) is 0 Å². The molecule has 1 aliphatic heterocycles. The highest BCUT2D eigenvalue weighted by atomic mass is 16.2. The summed E-state index contributed by atoms with van der Waals surface area (Å²) in [7, 11) is 0. The maximum Gasteiger partial charge on any atom is 0.267 e. The van der Waals surface area contributed by atoms with Crippen LogP contribution in [0.5, 0.6) is 0 Å². The molecule has 1 atom stereocenters. The van der Waals surface area contributed by atoms with Crippen LogP contribution in [-0.4, -0.2) is 45.7 Å². The molecule has 1 aromatic heterocycles. The van der Waals surface area contributed by atoms with Crippen LogP contribution in [0.25, 0.3) is 0 Å². The SMILES string of the molecule is CC(C)(C)N(C(=O)c1cccc(Cc2n[nH]c(=O)c3c2CCCC3)c1)C1CCCNC1. The van der Waals surface area contributed by atoms with Crippen molar-refractivity contribution >= 4 is 5.91 Å². The second-order valence-corrected chi connectivity index (χ2v) is 9.89. The number of nitrogens with one attached hydrogen (secondary N) is 2. The number of fused-ring (bicyclic) bond motifs is 1. The van der Waals surface area contributed by atoms with Gasteiger partial charge in [0, 0.05) is 35.7 Å². The van der Waals surface area contributed by atoms with Crippen LogP contribution in [0, 0.1) is 0 Å². The summed E-state index contributed by atoms with van der Waals surface area (Å²) in [6.45, 7) is 8.20. The molecule has 1 aliphatic carbocycles. The summed E-state index contributed by atoms with van der Waals surface area (Å²) < 4.78 is 0. The Morgan fingerprint density at radius 3 is 2.65 bits per heavy atom. The van der Waals surface area contributed by atoms with E-state index in [-0.39, 0.29) is 23.0 Å². The van der Waals surface area contributed by atoms with Crippen LogP contribution in [-0.2, 0) is 19.3 Å². The Bertz CT molecular complexity index is 999. The summed E-state index contributed by atoms with van der Waals surface area (Å²) in [5.74, 6) is 0.0829. The molecule has 6 heteroatoms. The van der Waals surface area contributed by atoms with Crippen molar-refractivity contribution in [1.82, 2.24) is 20.4 Å². The average molecular weight is 423 g/mol. The Kier molecular flexibility index (Phi) is 6.28. The first-order valence-corrected chi connectivity index (χ1v) is 11.6. The van der Waals surface area contributed by atoms with Gasteiger partial charge in [0.15, 0.2) is 0 Å². The van der Waals surface area contributed by atoms with Gasteiger partial charge < -0.3 is 10.2 Å². The standard InChI is InChI=1S/C25H34N4O2/c1-25(2,3)29(19-10-7-13-26-16-19)24(31)18-9-6-8-17(14-18)15-22-20-11-4-5-12-21(20)23(30)28-27-22/h6,8-9,14,19,26H,4-5,7,10-13,15-16H2,1-3H3,(H,28,30). The molecule has 4 rings (SSSR count). The van der Waals surface area contributed by atoms with Gasteiger partial charge >= 0.3 is 0 Å². The summed E-state index contributed by atoms with van der Waals surface area (Å²) in [5.41, 5.74) is 4.40. The monoisotopic (exact) mass is 422 g/mol. The van der Waals surface area contributed by atoms with E-state index in [9.17, 15) is 9.59 Å². The molecule has 0 bridgehead atoms. The molecule has 2 heterocycles. The number of rotatable bonds is 4. The van der Waals surface area contributed by atoms with E-state index >= 15 is 0 Å². The largest absolute Gasteiger partial charge is 0.330 e. The molecule has 2 aliphatic rings. The smallest absolute Gasteiger partial charge is 0.267 e. The van der Waals surface area contributed by atoms with Crippen LogP contribution >= 0.6 is 0 Å². The highest BCUT2D eigenvalue weighted by Crippen LogP contribution is 2.26. The van der Waals surface area contributed by atoms with Crippen LogP contribution in [0.2, 0.25) is 0 Å². The molecule has 0 saturated carbocycles. The van der Waals surface area contributed by atoms with Crippen molar-refractivity contribution in [3.63, 3.8) is 0 Å². The van der Waals surface area contributed by atoms with E-state index in [1.165, 1.54) is 0 Å². The van der Waals surface area contributed by atoms with Crippen molar-refractivity contribution in [2.24, 2.45) is 0 Å². The first-order valence-electron chi connectivity index (χ1n) is 11.6. The third-order valence-corrected chi connectivity index (χ3v) is 6.51. The summed E-state index contributed by atoms with van der Waals surface area (Å²) in [6, 6.07) is 8.12. The Hall–Kier alpha value is -2.47. The molecule has 2 aromatic rings. The highest BCUT2D eigenvalue weighted by molar-refractivity contribution is 5.95. The molecule has 1 saturated heterocycles. The zero-order valence-corrected chi connectivity index (χ0v) is 19.0. The fourth-order valence-electron chi connectivity index (χ4n) is 5.09. The molecule has 2 N–H and O–H groups in total. The molecule has 0 spiro atoms. The Morgan fingerprint density at radius 1 is 1.16 bits per heavy atom. The van der Waals surface area contributed by atoms with E-state index in [1.54, 1.807) is 0 Å². The van der Waals surface area contributed by atoms with Gasteiger partial charge in [-0.2, -0.15) is 5.10 Å². The quantitative estimate of drug-likeness (QED) is 0.793. The van der Waals surface area contributed by atoms with Crippen molar-refractivity contribution < 1.29 is 4.79 Å². The molecule has 6 nitrogen and oxygen atoms in total. The lowest BCUT2D eigenvalue weighted by atomic mass is 9.90. The van der Waals surface area contributed by atoms with Gasteiger partial charge in [0.25, 0.3) is 11.5 Å². The minimum absolute atomic E-state index is 0.0516. The minimum Gasteiger partial charge on any atom is -0.330 e. The van der Waals surface area contributed by atoms with Gasteiger partial charge in [-0.3, -0.25) is 9.59 Å². The Morgan fingerprint density at radius 2 is 1.94 bits per heavy atom. The molecule has 1 amide bonds. The van der Waals surface area contributed by atoms with Gasteiger partial charge in [0.05, 0.1) is 5.69 Å². The third kappa shape index (κ3) is 4.74. The van der Waals surface area contributed by atoms with E-state index in [0.717, 1.165) is 79.6 Å². The number of H-pyrrole nitrogens is 1. The number of hydrogen-bond donors (Lipinski definition) is 2. The van der Waals surface area contributed by atoms with Gasteiger partial charge in [-0.05, 0) is 89.1 Å². The predicted octanol–water partition coefficient (Wildman–Crippen LogP) is 3.23. The number of carbonyl (C=O) groups excluding carboxylic acids is 1. The summed E-state index contributed by atoms with van der Waals surface area (Å²) in [6.07, 6.45) is 6.64. The molecular formula is C25H34N4O2. The van der Waals surface area contributed by atoms with E-state index < -0.39 is 0 Å². The van der Waals surface area contributed by atoms with E-state index in [0.29, 0.717) is 6.42 Å². The zero-order valence-electron chi connectivity index (χ0n) is 19.0. The molecule has 0 radical (unpaired) electrons. The minimum atomic E-state index is -0.254. The van der Waals surface area contributed by atoms with Gasteiger partial charge in [-0.25, -0.2) is 5.10 Å². The molecule has 1 aromatic carbocycles. The summed E-state index contributed by atoms with van der Waals surface area (Å²) in [4.78, 5) is 27.8. The topological polar surface area (TPSA) is 78.1 Å². The van der Waals surface area contributed by atoms with Crippen LogP contribution in [0.15, 0.2) is 29.1 Å². The molecule has 31 heavy (non-hydrogen) atoms. The predicted molar refractivity (Wildman–Crippen MR) is 123 cm³/mol. The molecule has 1 fully saturated rings. The summed E-state index contributed by atoms with van der Waals surface area (Å²) >= 11 is 0. The lowest BCUT2D eigenvalue weighted by Crippen LogP contribution is -2.56. The van der Waals surface area contributed by atoms with Gasteiger partial charge in [-0.1, -0.05) is 12.1 Å². The van der Waals surface area contributed by atoms with E-state index in [1.807, 2.05) is 24.3 Å². The normalized spacial score (nSPS) is 19.0. The summed E-state index contributed by atoms with van der Waals surface area (Å²) in [5, 5.41) is 10.5. The number of piperidine rings is 1. The van der Waals surface area contributed by atoms with Gasteiger partial charge in [0.1, 0.15) is 0 Å². The highest BCUT2D eigenvalue weighted by Gasteiger charge is 2.34. The van der Waals surface area contributed by atoms with Crippen molar-refractivity contribution in [2.45, 2.75) is 77.3 Å². The fraction of sp³-hybridized carbons (Fsp3) is 0.560. The van der Waals surface area contributed by atoms with Crippen molar-refractivity contribution in [3.05, 3.63) is 62.6 Å². The van der Waals surface area contributed by atoms with E-state index in [4.69, 9.17) is 0 Å². The maximum absolute atomic E-state index is 13.6. The lowest BCUT2D eigenvalue weighted by Gasteiger charge is -2.43. The number of hydrogen-bond acceptors (Lipinski definition) is 4. The van der Waals surface area contributed by atoms with E-state index in [2.05, 4.69) is 41.2 Å². The molecular weight excluding hydrogens is 388 g/mol. The van der Waals surface area contributed by atoms with Gasteiger partial charge in [-0.15, -0.1) is 0 Å². The maximum atomic E-state index is 13.6. The lowest BCUT2D eigenvalue weighted by molar-refractivity contribution is 0.0392. The Balaban J connectivity index is 1.61. The second kappa shape index (κ2) is 8.95. The van der Waals surface area contributed by atoms with Gasteiger partial charge in [0.2, 0.25) is 0 Å². The fourth-order valence-corrected chi connectivity index (χ4v) is 5.09. The van der Waals surface area contributed by atoms with Crippen molar-refractivity contribution in [2.75, 3.05) is 13.1 Å². The van der Waals surface area contributed by atoms with Crippen LogP contribution < -0.4 is 10.9 Å². The van der Waals surface area contributed by atoms with Crippen LogP contribution in [0.4, 0.5) is 0 Å². The van der Waals surface area contributed by atoms with Crippen LogP contribution in [0.3, 0.4) is 0 Å². The Labute approximate surface area is 184 Å². The first-order chi connectivity index (χ1) is 14.8. The second-order valence-electron chi connectivity index (χ2n) is 9.89. The number of aromatic amines is 1. The first kappa shape index (κ1) is 21.8. The average Bonchev–Trinajstić information content (AvgIpc) is 2.76.